The molecule has 1 aromatic carbocycles. The second-order valence-corrected chi connectivity index (χ2v) is 6.78. The summed E-state index contributed by atoms with van der Waals surface area (Å²) in [4.78, 5) is 7.31. The van der Waals surface area contributed by atoms with E-state index in [2.05, 4.69) is 19.9 Å². The molecule has 0 bridgehead atoms. The van der Waals surface area contributed by atoms with Gasteiger partial charge in [0.2, 0.25) is 0 Å². The molecule has 128 valence electrons. The predicted octanol–water partition coefficient (Wildman–Crippen LogP) is 2.13. The van der Waals surface area contributed by atoms with Crippen molar-refractivity contribution in [1.82, 2.24) is 15.0 Å². The van der Waals surface area contributed by atoms with Crippen LogP contribution in [0.25, 0.3) is 0 Å². The number of aryl methyl sites for hydroxylation is 1. The van der Waals surface area contributed by atoms with Crippen molar-refractivity contribution in [2.45, 2.75) is 19.5 Å². The Morgan fingerprint density at radius 1 is 1.12 bits per heavy atom. The van der Waals surface area contributed by atoms with E-state index in [9.17, 15) is 4.39 Å². The Bertz CT molecular complexity index is 673. The number of hydrogen-bond acceptors (Lipinski definition) is 5. The summed E-state index contributed by atoms with van der Waals surface area (Å²) in [6.45, 7) is 9.13. The van der Waals surface area contributed by atoms with Gasteiger partial charge in [-0.2, -0.15) is 0 Å². The van der Waals surface area contributed by atoms with Crippen molar-refractivity contribution >= 4 is 5.69 Å². The molecule has 1 aromatic heterocycles. The molecule has 2 saturated heterocycles. The van der Waals surface area contributed by atoms with Crippen LogP contribution in [0, 0.1) is 12.7 Å². The van der Waals surface area contributed by atoms with E-state index in [0.717, 1.165) is 63.0 Å². The first kappa shape index (κ1) is 15.6. The molecule has 2 fully saturated rings. The van der Waals surface area contributed by atoms with E-state index in [1.54, 1.807) is 0 Å². The van der Waals surface area contributed by atoms with Crippen molar-refractivity contribution in [2.24, 2.45) is 0 Å². The van der Waals surface area contributed by atoms with Crippen molar-refractivity contribution in [3.8, 4) is 0 Å². The Labute approximate surface area is 141 Å². The first-order chi connectivity index (χ1) is 11.7. The van der Waals surface area contributed by atoms with E-state index >= 15 is 0 Å². The smallest absolute Gasteiger partial charge is 0.150 e. The van der Waals surface area contributed by atoms with Crippen molar-refractivity contribution in [3.63, 3.8) is 0 Å². The highest BCUT2D eigenvalue weighted by Crippen LogP contribution is 2.22. The van der Waals surface area contributed by atoms with E-state index in [1.807, 2.05) is 25.1 Å². The van der Waals surface area contributed by atoms with Gasteiger partial charge < -0.3 is 9.42 Å². The van der Waals surface area contributed by atoms with Crippen molar-refractivity contribution in [2.75, 3.05) is 44.2 Å². The molecule has 2 aromatic rings. The number of likely N-dealkylation sites (tertiary alicyclic amines) is 1. The molecule has 0 saturated carbocycles. The zero-order valence-electron chi connectivity index (χ0n) is 14.0. The minimum Gasteiger partial charge on any atom is -0.369 e. The Balaban J connectivity index is 1.23. The van der Waals surface area contributed by atoms with Crippen LogP contribution < -0.4 is 4.90 Å². The van der Waals surface area contributed by atoms with Crippen LogP contribution in [0.2, 0.25) is 0 Å². The summed E-state index contributed by atoms with van der Waals surface area (Å²) in [6, 6.07) is 9.47. The minimum absolute atomic E-state index is 0.172. The molecule has 2 aliphatic heterocycles. The number of hydrogen-bond donors (Lipinski definition) is 0. The number of benzene rings is 1. The summed E-state index contributed by atoms with van der Waals surface area (Å²) in [5.74, 6) is 0.779. The largest absolute Gasteiger partial charge is 0.369 e. The first-order valence-electron chi connectivity index (χ1n) is 8.56. The highest BCUT2D eigenvalue weighted by atomic mass is 19.1. The molecule has 24 heavy (non-hydrogen) atoms. The van der Waals surface area contributed by atoms with Crippen LogP contribution in [0.1, 0.15) is 11.5 Å². The third-order valence-electron chi connectivity index (χ3n) is 5.02. The molecule has 6 heteroatoms. The maximum atomic E-state index is 13.0. The average molecular weight is 330 g/mol. The van der Waals surface area contributed by atoms with Gasteiger partial charge in [0.25, 0.3) is 0 Å². The zero-order valence-corrected chi connectivity index (χ0v) is 14.0. The minimum atomic E-state index is -0.172. The molecule has 0 N–H and O–H groups in total. The van der Waals surface area contributed by atoms with Gasteiger partial charge in [0, 0.05) is 57.1 Å². The van der Waals surface area contributed by atoms with Crippen molar-refractivity contribution in [3.05, 3.63) is 47.6 Å². The SMILES string of the molecule is Cc1cc(CN2CC(N3CCN(c4ccc(F)cc4)CC3)C2)on1. The zero-order chi connectivity index (χ0) is 16.5. The monoisotopic (exact) mass is 330 g/mol. The van der Waals surface area contributed by atoms with Crippen LogP contribution >= 0.6 is 0 Å². The molecule has 0 atom stereocenters. The van der Waals surface area contributed by atoms with Crippen molar-refractivity contribution in [1.29, 1.82) is 0 Å². The Morgan fingerprint density at radius 2 is 1.83 bits per heavy atom. The molecule has 0 spiro atoms. The number of aromatic nitrogens is 1. The van der Waals surface area contributed by atoms with Crippen LogP contribution in [0.3, 0.4) is 0 Å². The molecular weight excluding hydrogens is 307 g/mol. The molecule has 0 amide bonds. The summed E-state index contributed by atoms with van der Waals surface area (Å²) in [6.07, 6.45) is 0. The first-order valence-corrected chi connectivity index (χ1v) is 8.56. The summed E-state index contributed by atoms with van der Waals surface area (Å²) in [7, 11) is 0. The van der Waals surface area contributed by atoms with Gasteiger partial charge in [0.15, 0.2) is 5.76 Å². The Kier molecular flexibility index (Phi) is 4.24. The summed E-state index contributed by atoms with van der Waals surface area (Å²) in [5.41, 5.74) is 2.06. The molecule has 0 aliphatic carbocycles. The fourth-order valence-electron chi connectivity index (χ4n) is 3.61. The lowest BCUT2D eigenvalue weighted by molar-refractivity contribution is 0.0207. The van der Waals surface area contributed by atoms with Crippen LogP contribution in [-0.2, 0) is 6.54 Å². The normalized spacial score (nSPS) is 20.3. The quantitative estimate of drug-likeness (QED) is 0.858. The van der Waals surface area contributed by atoms with Gasteiger partial charge in [0.05, 0.1) is 12.2 Å². The third-order valence-corrected chi connectivity index (χ3v) is 5.02. The van der Waals surface area contributed by atoms with E-state index in [1.165, 1.54) is 12.1 Å². The summed E-state index contributed by atoms with van der Waals surface area (Å²) >= 11 is 0. The van der Waals surface area contributed by atoms with Crippen LogP contribution in [0.5, 0.6) is 0 Å². The van der Waals surface area contributed by atoms with Crippen LogP contribution in [0.4, 0.5) is 10.1 Å². The molecule has 4 rings (SSSR count). The Morgan fingerprint density at radius 3 is 2.46 bits per heavy atom. The number of piperazine rings is 1. The second-order valence-electron chi connectivity index (χ2n) is 6.78. The Hall–Kier alpha value is -1.92. The van der Waals surface area contributed by atoms with E-state index in [-0.39, 0.29) is 5.82 Å². The standard InChI is InChI=1S/C18H23FN4O/c1-14-10-18(24-20-14)13-21-11-17(12-21)23-8-6-22(7-9-23)16-4-2-15(19)3-5-16/h2-5,10,17H,6-9,11-13H2,1H3. The molecular formula is C18H23FN4O. The number of nitrogens with zero attached hydrogens (tertiary/aromatic N) is 4. The fraction of sp³-hybridized carbons (Fsp3) is 0.500. The summed E-state index contributed by atoms with van der Waals surface area (Å²) < 4.78 is 18.3. The third kappa shape index (κ3) is 3.30. The van der Waals surface area contributed by atoms with Gasteiger partial charge in [0.1, 0.15) is 5.82 Å². The molecule has 5 nitrogen and oxygen atoms in total. The molecule has 2 aliphatic rings. The molecule has 3 heterocycles. The topological polar surface area (TPSA) is 35.8 Å². The van der Waals surface area contributed by atoms with Gasteiger partial charge >= 0.3 is 0 Å². The van der Waals surface area contributed by atoms with E-state index < -0.39 is 0 Å². The highest BCUT2D eigenvalue weighted by molar-refractivity contribution is 5.46. The van der Waals surface area contributed by atoms with Gasteiger partial charge in [-0.25, -0.2) is 4.39 Å². The van der Waals surface area contributed by atoms with Gasteiger partial charge in [-0.15, -0.1) is 0 Å². The van der Waals surface area contributed by atoms with E-state index in [4.69, 9.17) is 4.52 Å². The number of rotatable bonds is 4. The van der Waals surface area contributed by atoms with Gasteiger partial charge in [-0.1, -0.05) is 5.16 Å². The van der Waals surface area contributed by atoms with Crippen molar-refractivity contribution < 1.29 is 8.91 Å². The number of halogens is 1. The predicted molar refractivity (Wildman–Crippen MR) is 90.5 cm³/mol. The van der Waals surface area contributed by atoms with E-state index in [0.29, 0.717) is 6.04 Å². The molecule has 0 unspecified atom stereocenters. The fourth-order valence-corrected chi connectivity index (χ4v) is 3.61. The lowest BCUT2D eigenvalue weighted by Gasteiger charge is -2.48. The second kappa shape index (κ2) is 6.53. The van der Waals surface area contributed by atoms with Gasteiger partial charge in [-0.05, 0) is 31.2 Å². The summed E-state index contributed by atoms with van der Waals surface area (Å²) in [5, 5.41) is 3.94. The number of anilines is 1. The van der Waals surface area contributed by atoms with Crippen LogP contribution in [0.15, 0.2) is 34.9 Å². The van der Waals surface area contributed by atoms with Crippen LogP contribution in [-0.4, -0.2) is 60.3 Å². The molecule has 0 radical (unpaired) electrons. The highest BCUT2D eigenvalue weighted by Gasteiger charge is 2.33. The lowest BCUT2D eigenvalue weighted by atomic mass is 10.1. The van der Waals surface area contributed by atoms with Gasteiger partial charge in [-0.3, -0.25) is 9.80 Å². The maximum Gasteiger partial charge on any atom is 0.150 e. The lowest BCUT2D eigenvalue weighted by Crippen LogP contribution is -2.62. The average Bonchev–Trinajstić information content (AvgIpc) is 2.97. The maximum absolute atomic E-state index is 13.0.